The summed E-state index contributed by atoms with van der Waals surface area (Å²) in [6, 6.07) is 19.3. The van der Waals surface area contributed by atoms with Crippen LogP contribution < -0.4 is 15.0 Å². The number of piperazine rings is 1. The molecule has 1 fully saturated rings. The second kappa shape index (κ2) is 12.0. The fourth-order valence-electron chi connectivity index (χ4n) is 4.06. The first kappa shape index (κ1) is 23.4. The predicted octanol–water partition coefficient (Wildman–Crippen LogP) is 3.35. The van der Waals surface area contributed by atoms with E-state index in [0.29, 0.717) is 12.1 Å². The highest BCUT2D eigenvalue weighted by Gasteiger charge is 2.18. The van der Waals surface area contributed by atoms with Gasteiger partial charge in [0, 0.05) is 56.3 Å². The van der Waals surface area contributed by atoms with Crippen molar-refractivity contribution < 1.29 is 9.53 Å². The summed E-state index contributed by atoms with van der Waals surface area (Å²) in [5, 5.41) is 3.11. The molecule has 3 aromatic rings. The molecule has 2 aromatic carbocycles. The molecule has 0 bridgehead atoms. The Hall–Kier alpha value is -3.71. The predicted molar refractivity (Wildman–Crippen MR) is 136 cm³/mol. The number of hydrogen-bond acceptors (Lipinski definition) is 6. The van der Waals surface area contributed by atoms with Gasteiger partial charge in [0.1, 0.15) is 5.75 Å². The number of rotatable bonds is 9. The van der Waals surface area contributed by atoms with Gasteiger partial charge in [0.2, 0.25) is 5.95 Å². The third-order valence-corrected chi connectivity index (χ3v) is 5.91. The van der Waals surface area contributed by atoms with Gasteiger partial charge in [0.15, 0.2) is 0 Å². The van der Waals surface area contributed by atoms with E-state index in [-0.39, 0.29) is 5.91 Å². The van der Waals surface area contributed by atoms with Crippen molar-refractivity contribution in [3.63, 3.8) is 0 Å². The van der Waals surface area contributed by atoms with Crippen LogP contribution in [-0.2, 0) is 4.79 Å². The molecule has 1 amide bonds. The van der Waals surface area contributed by atoms with Gasteiger partial charge in [-0.25, -0.2) is 9.97 Å². The number of nitrogens with one attached hydrogen (secondary N) is 1. The monoisotopic (exact) mass is 457 g/mol. The Morgan fingerprint density at radius 1 is 0.971 bits per heavy atom. The summed E-state index contributed by atoms with van der Waals surface area (Å²) < 4.78 is 5.47. The standard InChI is InChI=1S/C27H31N5O2/c1-34-25-12-6-5-11-23(25)21-24(22-9-3-2-4-10-22)26(33)28-15-8-16-31-17-19-32(20-18-31)27-29-13-7-14-30-27/h2-7,9-14,21H,8,15-20H2,1H3,(H,28,33)/b24-21+. The maximum absolute atomic E-state index is 13.1. The highest BCUT2D eigenvalue weighted by Crippen LogP contribution is 2.24. The molecule has 0 unspecified atom stereocenters. The molecule has 1 aliphatic rings. The highest BCUT2D eigenvalue weighted by atomic mass is 16.5. The fraction of sp³-hybridized carbons (Fsp3) is 0.296. The maximum atomic E-state index is 13.1. The van der Waals surface area contributed by atoms with Crippen LogP contribution in [0.15, 0.2) is 73.1 Å². The molecular weight excluding hydrogens is 426 g/mol. The molecule has 1 saturated heterocycles. The highest BCUT2D eigenvalue weighted by molar-refractivity contribution is 6.24. The van der Waals surface area contributed by atoms with Crippen LogP contribution in [0.3, 0.4) is 0 Å². The molecule has 34 heavy (non-hydrogen) atoms. The number of benzene rings is 2. The first-order valence-corrected chi connectivity index (χ1v) is 11.7. The molecule has 0 radical (unpaired) electrons. The largest absolute Gasteiger partial charge is 0.496 e. The van der Waals surface area contributed by atoms with Gasteiger partial charge in [0.05, 0.1) is 7.11 Å². The summed E-state index contributed by atoms with van der Waals surface area (Å²) in [4.78, 5) is 26.5. The number of carbonyl (C=O) groups excluding carboxylic acids is 1. The molecule has 2 heterocycles. The third-order valence-electron chi connectivity index (χ3n) is 5.91. The Balaban J connectivity index is 1.31. The Labute approximate surface area is 201 Å². The molecule has 4 rings (SSSR count). The quantitative estimate of drug-likeness (QED) is 0.302. The van der Waals surface area contributed by atoms with Crippen LogP contribution in [0.4, 0.5) is 5.95 Å². The van der Waals surface area contributed by atoms with Crippen molar-refractivity contribution in [1.29, 1.82) is 0 Å². The third kappa shape index (κ3) is 6.20. The van der Waals surface area contributed by atoms with E-state index >= 15 is 0 Å². The van der Waals surface area contributed by atoms with E-state index < -0.39 is 0 Å². The van der Waals surface area contributed by atoms with Gasteiger partial charge in [-0.05, 0) is 36.7 Å². The van der Waals surface area contributed by atoms with Gasteiger partial charge in [-0.3, -0.25) is 9.69 Å². The van der Waals surface area contributed by atoms with Crippen LogP contribution in [0, 0.1) is 0 Å². The molecule has 1 N–H and O–H groups in total. The Bertz CT molecular complexity index is 1080. The van der Waals surface area contributed by atoms with Gasteiger partial charge in [0.25, 0.3) is 5.91 Å². The summed E-state index contributed by atoms with van der Waals surface area (Å²) in [5.41, 5.74) is 2.38. The Morgan fingerprint density at radius 2 is 1.68 bits per heavy atom. The lowest BCUT2D eigenvalue weighted by atomic mass is 10.0. The van der Waals surface area contributed by atoms with Crippen LogP contribution in [-0.4, -0.2) is 67.2 Å². The van der Waals surface area contributed by atoms with Gasteiger partial charge in [-0.1, -0.05) is 48.5 Å². The Morgan fingerprint density at radius 3 is 2.41 bits per heavy atom. The van der Waals surface area contributed by atoms with E-state index in [9.17, 15) is 4.79 Å². The van der Waals surface area contributed by atoms with E-state index in [2.05, 4.69) is 25.1 Å². The van der Waals surface area contributed by atoms with E-state index in [1.807, 2.05) is 66.7 Å². The molecular formula is C27H31N5O2. The minimum Gasteiger partial charge on any atom is -0.496 e. The number of anilines is 1. The summed E-state index contributed by atoms with van der Waals surface area (Å²) in [7, 11) is 1.64. The van der Waals surface area contributed by atoms with Gasteiger partial charge < -0.3 is 15.0 Å². The average Bonchev–Trinajstić information content (AvgIpc) is 2.91. The lowest BCUT2D eigenvalue weighted by Gasteiger charge is -2.34. The number of nitrogens with zero attached hydrogens (tertiary/aromatic N) is 4. The number of aromatic nitrogens is 2. The van der Waals surface area contributed by atoms with Crippen molar-refractivity contribution in [2.75, 3.05) is 51.3 Å². The van der Waals surface area contributed by atoms with Crippen molar-refractivity contribution >= 4 is 23.5 Å². The maximum Gasteiger partial charge on any atom is 0.251 e. The van der Waals surface area contributed by atoms with Crippen molar-refractivity contribution in [3.8, 4) is 5.75 Å². The number of para-hydroxylation sites is 1. The zero-order chi connectivity index (χ0) is 23.6. The van der Waals surface area contributed by atoms with E-state index in [1.165, 1.54) is 0 Å². The number of amides is 1. The smallest absolute Gasteiger partial charge is 0.251 e. The molecule has 1 aromatic heterocycles. The van der Waals surface area contributed by atoms with Crippen LogP contribution in [0.2, 0.25) is 0 Å². The molecule has 0 saturated carbocycles. The zero-order valence-electron chi connectivity index (χ0n) is 19.6. The van der Waals surface area contributed by atoms with Crippen molar-refractivity contribution in [2.24, 2.45) is 0 Å². The topological polar surface area (TPSA) is 70.6 Å². The Kier molecular flexibility index (Phi) is 8.24. The van der Waals surface area contributed by atoms with E-state index in [0.717, 1.165) is 62.0 Å². The van der Waals surface area contributed by atoms with Gasteiger partial charge >= 0.3 is 0 Å². The summed E-state index contributed by atoms with van der Waals surface area (Å²) in [6.07, 6.45) is 6.35. The van der Waals surface area contributed by atoms with Gasteiger partial charge in [-0.15, -0.1) is 0 Å². The number of hydrogen-bond donors (Lipinski definition) is 1. The van der Waals surface area contributed by atoms with Crippen molar-refractivity contribution in [1.82, 2.24) is 20.2 Å². The fourth-order valence-corrected chi connectivity index (χ4v) is 4.06. The lowest BCUT2D eigenvalue weighted by Crippen LogP contribution is -2.47. The van der Waals surface area contributed by atoms with E-state index in [1.54, 1.807) is 19.5 Å². The summed E-state index contributed by atoms with van der Waals surface area (Å²) >= 11 is 0. The lowest BCUT2D eigenvalue weighted by molar-refractivity contribution is -0.115. The molecule has 7 heteroatoms. The second-order valence-corrected chi connectivity index (χ2v) is 8.15. The molecule has 7 nitrogen and oxygen atoms in total. The van der Waals surface area contributed by atoms with Crippen LogP contribution in [0.5, 0.6) is 5.75 Å². The molecule has 0 aliphatic carbocycles. The van der Waals surface area contributed by atoms with Crippen molar-refractivity contribution in [3.05, 3.63) is 84.2 Å². The van der Waals surface area contributed by atoms with Crippen molar-refractivity contribution in [2.45, 2.75) is 6.42 Å². The SMILES string of the molecule is COc1ccccc1/C=C(/C(=O)NCCCN1CCN(c2ncccn2)CC1)c1ccccc1. The summed E-state index contributed by atoms with van der Waals surface area (Å²) in [5.74, 6) is 1.46. The zero-order valence-corrected chi connectivity index (χ0v) is 19.6. The van der Waals surface area contributed by atoms with Crippen LogP contribution >= 0.6 is 0 Å². The normalized spacial score (nSPS) is 14.6. The first-order chi connectivity index (χ1) is 16.7. The molecule has 0 spiro atoms. The molecule has 0 atom stereocenters. The van der Waals surface area contributed by atoms with E-state index in [4.69, 9.17) is 4.74 Å². The number of ether oxygens (including phenoxy) is 1. The van der Waals surface area contributed by atoms with Crippen LogP contribution in [0.25, 0.3) is 11.6 Å². The minimum atomic E-state index is -0.0804. The second-order valence-electron chi connectivity index (χ2n) is 8.15. The average molecular weight is 458 g/mol. The van der Waals surface area contributed by atoms with Gasteiger partial charge in [-0.2, -0.15) is 0 Å². The molecule has 1 aliphatic heterocycles. The first-order valence-electron chi connectivity index (χ1n) is 11.7. The van der Waals surface area contributed by atoms with Crippen LogP contribution in [0.1, 0.15) is 17.5 Å². The number of carbonyl (C=O) groups is 1. The summed E-state index contributed by atoms with van der Waals surface area (Å²) in [6.45, 7) is 5.33. The number of methoxy groups -OCH3 is 1. The molecule has 176 valence electrons. The minimum absolute atomic E-state index is 0.0804.